The normalized spacial score (nSPS) is 15.1. The molecule has 0 spiro atoms. The fourth-order valence-corrected chi connectivity index (χ4v) is 2.77. The molecule has 1 aliphatic carbocycles. The second kappa shape index (κ2) is 5.41. The summed E-state index contributed by atoms with van der Waals surface area (Å²) in [4.78, 5) is 16.3. The van der Waals surface area contributed by atoms with E-state index in [9.17, 15) is 9.90 Å². The largest absolute Gasteiger partial charge is 0.392 e. The van der Waals surface area contributed by atoms with E-state index in [2.05, 4.69) is 18.8 Å². The van der Waals surface area contributed by atoms with E-state index < -0.39 is 0 Å². The third-order valence-electron chi connectivity index (χ3n) is 3.92. The van der Waals surface area contributed by atoms with Crippen molar-refractivity contribution in [3.63, 3.8) is 0 Å². The monoisotopic (exact) mass is 261 g/mol. The van der Waals surface area contributed by atoms with Crippen molar-refractivity contribution in [3.8, 4) is 0 Å². The fraction of sp³-hybridized carbons (Fsp3) is 0.625. The van der Waals surface area contributed by atoms with E-state index in [1.165, 1.54) is 18.4 Å². The van der Waals surface area contributed by atoms with Crippen LogP contribution in [0.3, 0.4) is 0 Å². The molecule has 3 heteroatoms. The average molecular weight is 261 g/mol. The Morgan fingerprint density at radius 2 is 2.00 bits per heavy atom. The molecule has 1 heterocycles. The molecule has 1 N–H and O–H groups in total. The zero-order valence-corrected chi connectivity index (χ0v) is 12.3. The second-order valence-corrected chi connectivity index (χ2v) is 5.93. The Balaban J connectivity index is 2.60. The molecule has 2 rings (SSSR count). The van der Waals surface area contributed by atoms with Crippen LogP contribution in [0.2, 0.25) is 0 Å². The molecule has 0 amide bonds. The van der Waals surface area contributed by atoms with Crippen molar-refractivity contribution in [1.29, 1.82) is 0 Å². The van der Waals surface area contributed by atoms with Crippen molar-refractivity contribution in [3.05, 3.63) is 28.1 Å². The summed E-state index contributed by atoms with van der Waals surface area (Å²) >= 11 is 0. The number of aliphatic hydroxyl groups excluding tert-OH is 1. The minimum Gasteiger partial charge on any atom is -0.392 e. The zero-order chi connectivity index (χ0) is 14.2. The molecule has 19 heavy (non-hydrogen) atoms. The third kappa shape index (κ3) is 2.86. The van der Waals surface area contributed by atoms with Gasteiger partial charge in [-0.25, -0.2) is 4.98 Å². The van der Waals surface area contributed by atoms with Gasteiger partial charge in [0.05, 0.1) is 6.61 Å². The van der Waals surface area contributed by atoms with Crippen LogP contribution in [-0.4, -0.2) is 15.9 Å². The lowest BCUT2D eigenvalue weighted by atomic mass is 9.88. The van der Waals surface area contributed by atoms with Crippen molar-refractivity contribution >= 4 is 5.78 Å². The Labute approximate surface area is 115 Å². The van der Waals surface area contributed by atoms with Crippen molar-refractivity contribution in [2.75, 3.05) is 0 Å². The molecule has 1 saturated carbocycles. The lowest BCUT2D eigenvalue weighted by Gasteiger charge is -2.20. The predicted molar refractivity (Wildman–Crippen MR) is 75.4 cm³/mol. The third-order valence-corrected chi connectivity index (χ3v) is 3.92. The SMILES string of the molecule is CC(=O)c1nc(C)c(CC2CC2)c(CO)c1C(C)C. The molecule has 0 unspecified atom stereocenters. The number of pyridine rings is 1. The summed E-state index contributed by atoms with van der Waals surface area (Å²) in [5.74, 6) is 0.931. The van der Waals surface area contributed by atoms with Crippen molar-refractivity contribution < 1.29 is 9.90 Å². The number of carbonyl (C=O) groups excluding carboxylic acids is 1. The van der Waals surface area contributed by atoms with E-state index >= 15 is 0 Å². The number of aliphatic hydroxyl groups is 1. The van der Waals surface area contributed by atoms with E-state index in [4.69, 9.17) is 0 Å². The Morgan fingerprint density at radius 1 is 1.37 bits per heavy atom. The number of aryl methyl sites for hydroxylation is 1. The molecular formula is C16H23NO2. The zero-order valence-electron chi connectivity index (χ0n) is 12.3. The minimum atomic E-state index is -0.0144. The van der Waals surface area contributed by atoms with Crippen molar-refractivity contribution in [1.82, 2.24) is 4.98 Å². The Bertz CT molecular complexity index is 502. The van der Waals surface area contributed by atoms with Crippen LogP contribution in [0.4, 0.5) is 0 Å². The quantitative estimate of drug-likeness (QED) is 0.828. The van der Waals surface area contributed by atoms with Crippen molar-refractivity contribution in [2.45, 2.75) is 59.5 Å². The standard InChI is InChI=1S/C16H23NO2/c1-9(2)15-14(8-18)13(7-12-5-6-12)10(3)17-16(15)11(4)19/h9,12,18H,5-8H2,1-4H3. The average Bonchev–Trinajstić information content (AvgIpc) is 3.14. The molecule has 0 aromatic carbocycles. The van der Waals surface area contributed by atoms with Gasteiger partial charge in [-0.1, -0.05) is 13.8 Å². The first kappa shape index (κ1) is 14.2. The first-order valence-corrected chi connectivity index (χ1v) is 7.09. The molecule has 1 aromatic heterocycles. The van der Waals surface area contributed by atoms with Crippen LogP contribution in [0.5, 0.6) is 0 Å². The highest BCUT2D eigenvalue weighted by Gasteiger charge is 2.27. The number of nitrogens with zero attached hydrogens (tertiary/aromatic N) is 1. The summed E-state index contributed by atoms with van der Waals surface area (Å²) in [6.07, 6.45) is 3.54. The molecule has 0 atom stereocenters. The number of Topliss-reactive ketones (excluding diaryl/α,β-unsaturated/α-hetero) is 1. The number of carbonyl (C=O) groups is 1. The predicted octanol–water partition coefficient (Wildman–Crippen LogP) is 3.16. The van der Waals surface area contributed by atoms with Crippen LogP contribution in [0.15, 0.2) is 0 Å². The van der Waals surface area contributed by atoms with Gasteiger partial charge in [0.15, 0.2) is 5.78 Å². The van der Waals surface area contributed by atoms with Crippen LogP contribution < -0.4 is 0 Å². The number of rotatable bonds is 5. The fourth-order valence-electron chi connectivity index (χ4n) is 2.77. The van der Waals surface area contributed by atoms with Gasteiger partial charge in [0.25, 0.3) is 0 Å². The summed E-state index contributed by atoms with van der Waals surface area (Å²) in [6, 6.07) is 0. The van der Waals surface area contributed by atoms with Crippen molar-refractivity contribution in [2.24, 2.45) is 5.92 Å². The van der Waals surface area contributed by atoms with Gasteiger partial charge in [0, 0.05) is 12.6 Å². The maximum atomic E-state index is 11.8. The van der Waals surface area contributed by atoms with Gasteiger partial charge in [0.2, 0.25) is 0 Å². The topological polar surface area (TPSA) is 50.2 Å². The van der Waals surface area contributed by atoms with E-state index in [1.54, 1.807) is 6.92 Å². The number of hydrogen-bond acceptors (Lipinski definition) is 3. The van der Waals surface area contributed by atoms with E-state index in [1.807, 2.05) is 6.92 Å². The van der Waals surface area contributed by atoms with Gasteiger partial charge in [0.1, 0.15) is 5.69 Å². The first-order valence-electron chi connectivity index (χ1n) is 7.09. The highest BCUT2D eigenvalue weighted by atomic mass is 16.3. The Kier molecular flexibility index (Phi) is 4.04. The molecule has 0 saturated heterocycles. The summed E-state index contributed by atoms with van der Waals surface area (Å²) in [5.41, 5.74) is 4.50. The summed E-state index contributed by atoms with van der Waals surface area (Å²) in [6.45, 7) is 7.61. The van der Waals surface area contributed by atoms with Crippen LogP contribution >= 0.6 is 0 Å². The van der Waals surface area contributed by atoms with Crippen LogP contribution in [0.1, 0.15) is 72.4 Å². The first-order chi connectivity index (χ1) is 8.95. The lowest BCUT2D eigenvalue weighted by molar-refractivity contribution is 0.101. The minimum absolute atomic E-state index is 0.000787. The molecular weight excluding hydrogens is 238 g/mol. The van der Waals surface area contributed by atoms with Crippen LogP contribution in [0, 0.1) is 12.8 Å². The maximum absolute atomic E-state index is 11.8. The molecule has 1 fully saturated rings. The lowest BCUT2D eigenvalue weighted by Crippen LogP contribution is -2.14. The van der Waals surface area contributed by atoms with Gasteiger partial charge in [-0.05, 0) is 54.7 Å². The van der Waals surface area contributed by atoms with Crippen LogP contribution in [-0.2, 0) is 13.0 Å². The van der Waals surface area contributed by atoms with Gasteiger partial charge in [-0.2, -0.15) is 0 Å². The second-order valence-electron chi connectivity index (χ2n) is 5.93. The molecule has 0 aliphatic heterocycles. The number of ketones is 1. The molecule has 1 aromatic rings. The van der Waals surface area contributed by atoms with E-state index in [0.29, 0.717) is 5.69 Å². The molecule has 0 bridgehead atoms. The van der Waals surface area contributed by atoms with E-state index in [0.717, 1.165) is 29.2 Å². The molecule has 3 nitrogen and oxygen atoms in total. The number of aromatic nitrogens is 1. The van der Waals surface area contributed by atoms with Crippen LogP contribution in [0.25, 0.3) is 0 Å². The highest BCUT2D eigenvalue weighted by Crippen LogP contribution is 2.36. The molecule has 0 radical (unpaired) electrons. The summed E-state index contributed by atoms with van der Waals surface area (Å²) < 4.78 is 0. The highest BCUT2D eigenvalue weighted by molar-refractivity contribution is 5.94. The van der Waals surface area contributed by atoms with Gasteiger partial charge in [-0.3, -0.25) is 4.79 Å². The summed E-state index contributed by atoms with van der Waals surface area (Å²) in [5, 5.41) is 9.77. The van der Waals surface area contributed by atoms with Gasteiger partial charge >= 0.3 is 0 Å². The number of hydrogen-bond donors (Lipinski definition) is 1. The van der Waals surface area contributed by atoms with Gasteiger partial charge in [-0.15, -0.1) is 0 Å². The Hall–Kier alpha value is -1.22. The maximum Gasteiger partial charge on any atom is 0.178 e. The van der Waals surface area contributed by atoms with E-state index in [-0.39, 0.29) is 18.3 Å². The van der Waals surface area contributed by atoms with Gasteiger partial charge < -0.3 is 5.11 Å². The smallest absolute Gasteiger partial charge is 0.178 e. The Morgan fingerprint density at radius 3 is 2.42 bits per heavy atom. The molecule has 104 valence electrons. The summed E-state index contributed by atoms with van der Waals surface area (Å²) in [7, 11) is 0. The molecule has 1 aliphatic rings.